The van der Waals surface area contributed by atoms with E-state index in [2.05, 4.69) is 52.0 Å². The van der Waals surface area contributed by atoms with E-state index in [1.54, 1.807) is 6.08 Å². The molecule has 30 nitrogen and oxygen atoms in total. The number of rotatable bonds is 21. The lowest BCUT2D eigenvalue weighted by Gasteiger charge is -2.14. The van der Waals surface area contributed by atoms with E-state index in [9.17, 15) is 80.0 Å². The van der Waals surface area contributed by atoms with Crippen LogP contribution in [-0.2, 0) is 61.8 Å². The molecule has 0 radical (unpaired) electrons. The summed E-state index contributed by atoms with van der Waals surface area (Å²) in [5.74, 6) is -2.63. The number of aromatic nitrogens is 3. The fourth-order valence-corrected chi connectivity index (χ4v) is 13.2. The molecule has 7 N–H and O–H groups in total. The summed E-state index contributed by atoms with van der Waals surface area (Å²) in [7, 11) is -23.4. The van der Waals surface area contributed by atoms with E-state index in [-0.39, 0.29) is 103 Å². The number of pyridine rings is 1. The van der Waals surface area contributed by atoms with Crippen LogP contribution < -0.4 is 14.8 Å². The van der Waals surface area contributed by atoms with Crippen LogP contribution in [0.25, 0.3) is 32.7 Å². The molecule has 0 saturated carbocycles. The molecule has 0 spiro atoms. The number of methoxy groups -OCH3 is 1. The number of allylic oxidation sites excluding steroid dienone is 1. The SMILES string of the molecule is COc1cc(N=Nc2cc(OCCCS(=O)(=O)O)c(N=Nc3c(C)c(C#N)c4nc5c(n4c3O)C=CCC5)cc2NC(C)=O)c(SCCCS(=O)(=O)O)cc1N=Nc1nc2c(S(=O)(=O)O)cc3c(S(=O)(=O)O)cc(S(=O)(=O)O)cc3c2s1. The Kier molecular flexibility index (Phi) is 17.3. The van der Waals surface area contributed by atoms with Crippen molar-refractivity contribution in [2.45, 2.75) is 59.1 Å². The third kappa shape index (κ3) is 13.7. The van der Waals surface area contributed by atoms with Crippen molar-refractivity contribution in [2.24, 2.45) is 30.7 Å². The van der Waals surface area contributed by atoms with Crippen LogP contribution in [0.15, 0.2) is 98.8 Å². The van der Waals surface area contributed by atoms with E-state index in [1.165, 1.54) is 49.6 Å². The van der Waals surface area contributed by atoms with Crippen LogP contribution in [-0.4, -0.2) is 121 Å². The number of anilines is 1. The van der Waals surface area contributed by atoms with Gasteiger partial charge in [0.25, 0.3) is 50.6 Å². The Labute approximate surface area is 473 Å². The molecule has 432 valence electrons. The summed E-state index contributed by atoms with van der Waals surface area (Å²) in [5, 5.41) is 48.7. The van der Waals surface area contributed by atoms with Gasteiger partial charge in [-0.25, -0.2) is 9.97 Å². The van der Waals surface area contributed by atoms with Crippen LogP contribution in [0.5, 0.6) is 17.4 Å². The van der Waals surface area contributed by atoms with E-state index in [0.29, 0.717) is 47.7 Å². The van der Waals surface area contributed by atoms with Crippen LogP contribution >= 0.6 is 23.1 Å². The summed E-state index contributed by atoms with van der Waals surface area (Å²) in [6.45, 7) is 2.35. The summed E-state index contributed by atoms with van der Waals surface area (Å²) in [6.07, 6.45) is 4.51. The van der Waals surface area contributed by atoms with Gasteiger partial charge in [0, 0.05) is 40.3 Å². The highest BCUT2D eigenvalue weighted by Gasteiger charge is 2.29. The number of benzene rings is 4. The molecule has 0 unspecified atom stereocenters. The number of thiazole rings is 1. The fraction of sp³-hybridized carbons (Fsp3) is 0.244. The molecule has 3 aromatic heterocycles. The molecule has 1 aliphatic carbocycles. The summed E-state index contributed by atoms with van der Waals surface area (Å²) in [6, 6.07) is 8.98. The molecule has 82 heavy (non-hydrogen) atoms. The van der Waals surface area contributed by atoms with Gasteiger partial charge in [-0.3, -0.25) is 32.0 Å². The van der Waals surface area contributed by atoms with Gasteiger partial charge in [0.2, 0.25) is 16.9 Å². The van der Waals surface area contributed by atoms with E-state index in [0.717, 1.165) is 17.8 Å². The van der Waals surface area contributed by atoms with Crippen molar-refractivity contribution < 1.29 is 84.2 Å². The monoisotopic (exact) mass is 1260 g/mol. The van der Waals surface area contributed by atoms with Crippen LogP contribution in [0.3, 0.4) is 0 Å². The second-order valence-electron chi connectivity index (χ2n) is 17.4. The quantitative estimate of drug-likeness (QED) is 0.0153. The summed E-state index contributed by atoms with van der Waals surface area (Å²) in [5.41, 5.74) is 0.501. The largest absolute Gasteiger partial charge is 0.494 e. The number of aryl methyl sites for hydroxylation is 1. The zero-order chi connectivity index (χ0) is 59.9. The molecule has 0 fully saturated rings. The first-order valence-corrected chi connectivity index (χ1v) is 32.4. The molecule has 0 bridgehead atoms. The van der Waals surface area contributed by atoms with Crippen LogP contribution in [0.2, 0.25) is 0 Å². The van der Waals surface area contributed by atoms with E-state index >= 15 is 0 Å². The van der Waals surface area contributed by atoms with Gasteiger partial charge < -0.3 is 19.9 Å². The lowest BCUT2D eigenvalue weighted by Crippen LogP contribution is -2.09. The lowest BCUT2D eigenvalue weighted by atomic mass is 10.1. The Balaban J connectivity index is 1.24. The van der Waals surface area contributed by atoms with Gasteiger partial charge in [0.15, 0.2) is 11.3 Å². The highest BCUT2D eigenvalue weighted by molar-refractivity contribution is 7.99. The number of nitrogens with zero attached hydrogens (tertiary/aromatic N) is 10. The molecule has 37 heteroatoms. The molecular formula is C45H41N11O19S7. The maximum absolute atomic E-state index is 12.7. The van der Waals surface area contributed by atoms with E-state index in [4.69, 9.17) is 9.47 Å². The van der Waals surface area contributed by atoms with Crippen LogP contribution in [0, 0.1) is 18.3 Å². The predicted octanol–water partition coefficient (Wildman–Crippen LogP) is 8.92. The van der Waals surface area contributed by atoms with Gasteiger partial charge in [-0.1, -0.05) is 17.4 Å². The topological polar surface area (TPSA) is 468 Å². The number of imidazole rings is 1. The van der Waals surface area contributed by atoms with Crippen LogP contribution in [0.1, 0.15) is 48.7 Å². The Morgan fingerprint density at radius 3 is 2.07 bits per heavy atom. The number of amides is 1. The first-order valence-electron chi connectivity index (χ1n) is 23.1. The molecule has 7 aromatic rings. The minimum absolute atomic E-state index is 0.00190. The Morgan fingerprint density at radius 2 is 1.43 bits per heavy atom. The number of ether oxygens (including phenoxy) is 2. The number of nitrogens with one attached hydrogen (secondary N) is 1. The number of azo groups is 3. The van der Waals surface area contributed by atoms with Crippen molar-refractivity contribution in [3.8, 4) is 23.4 Å². The lowest BCUT2D eigenvalue weighted by molar-refractivity contribution is -0.114. The smallest absolute Gasteiger partial charge is 0.296 e. The number of carbonyl (C=O) groups excluding carboxylic acids is 1. The molecule has 0 atom stereocenters. The maximum Gasteiger partial charge on any atom is 0.296 e. The second kappa shape index (κ2) is 23.4. The predicted molar refractivity (Wildman–Crippen MR) is 295 cm³/mol. The minimum Gasteiger partial charge on any atom is -0.494 e. The molecule has 0 aliphatic heterocycles. The number of hydrogen-bond donors (Lipinski definition) is 7. The molecule has 1 amide bonds. The third-order valence-corrected chi connectivity index (χ3v) is 18.0. The van der Waals surface area contributed by atoms with Gasteiger partial charge in [-0.15, -0.1) is 42.4 Å². The highest BCUT2D eigenvalue weighted by Crippen LogP contribution is 2.47. The molecule has 8 rings (SSSR count). The van der Waals surface area contributed by atoms with Gasteiger partial charge in [-0.05, 0) is 74.8 Å². The normalized spacial score (nSPS) is 13.5. The number of nitriles is 1. The zero-order valence-electron chi connectivity index (χ0n) is 42.2. The minimum atomic E-state index is -5.33. The van der Waals surface area contributed by atoms with Crippen molar-refractivity contribution in [1.82, 2.24) is 14.4 Å². The molecule has 0 saturated heterocycles. The van der Waals surface area contributed by atoms with E-state index in [1.807, 2.05) is 6.08 Å². The average Bonchev–Trinajstić information content (AvgIpc) is 3.99. The standard InChI is InChI=1S/C45H41N11O19S7/c1-22-27(21-46)43-48-28-8-4-5-9-34(28)56(43)44(58)40(22)54-51-31-17-29(47-23(2)57)30(18-36(31)75-10-6-12-78(59,60)61)50-53-33-19-35(74-3)32(20-37(33)76-11-7-13-79(62,63)64)52-55-45-49-41-39(82(71,72)73)16-25-26(42(41)77-45)14-24(80(65,66)67)15-38(25)81(68,69)70/h5,9,14-20,58H,4,6-8,10-13H2,1-3H3,(H,47,57)(H,59,60,61)(H,62,63,64)(H,65,66,67)(H,68,69,70)(H,71,72,73). The van der Waals surface area contributed by atoms with Crippen molar-refractivity contribution in [3.05, 3.63) is 71.1 Å². The molecule has 3 heterocycles. The number of fused-ring (bicyclic) bond motifs is 6. The first-order chi connectivity index (χ1) is 38.3. The number of thioether (sulfide) groups is 1. The molecule has 1 aliphatic rings. The fourth-order valence-electron chi connectivity index (χ4n) is 8.09. The Morgan fingerprint density at radius 1 is 0.780 bits per heavy atom. The highest BCUT2D eigenvalue weighted by atomic mass is 32.2. The van der Waals surface area contributed by atoms with Crippen molar-refractivity contribution in [2.75, 3.05) is 36.3 Å². The summed E-state index contributed by atoms with van der Waals surface area (Å²) < 4.78 is 182. The third-order valence-electron chi connectivity index (χ3n) is 11.7. The number of carbonyl (C=O) groups is 1. The Hall–Kier alpha value is -7.48. The molecular weight excluding hydrogens is 1220 g/mol. The van der Waals surface area contributed by atoms with Crippen molar-refractivity contribution in [1.29, 1.82) is 5.26 Å². The van der Waals surface area contributed by atoms with Gasteiger partial charge in [0.05, 0.1) is 51.9 Å². The molecule has 4 aromatic carbocycles. The van der Waals surface area contributed by atoms with Gasteiger partial charge in [-0.2, -0.15) is 47.4 Å². The number of hydrogen-bond acceptors (Lipinski definition) is 25. The zero-order valence-corrected chi connectivity index (χ0v) is 47.9. The average molecular weight is 1260 g/mol. The van der Waals surface area contributed by atoms with Crippen molar-refractivity contribution in [3.63, 3.8) is 0 Å². The van der Waals surface area contributed by atoms with Crippen LogP contribution in [0.4, 0.5) is 39.3 Å². The second-order valence-corrected chi connectivity index (χ2v) is 26.9. The summed E-state index contributed by atoms with van der Waals surface area (Å²) >= 11 is 1.48. The Bertz CT molecular complexity index is 4590. The van der Waals surface area contributed by atoms with E-state index < -0.39 is 105 Å². The van der Waals surface area contributed by atoms with Gasteiger partial charge >= 0.3 is 0 Å². The van der Waals surface area contributed by atoms with Crippen molar-refractivity contribution >= 4 is 152 Å². The maximum atomic E-state index is 12.7. The first kappa shape index (κ1) is 60.6. The summed E-state index contributed by atoms with van der Waals surface area (Å²) in [4.78, 5) is 18.4. The van der Waals surface area contributed by atoms with Gasteiger partial charge in [0.1, 0.15) is 61.2 Å². The number of aromatic hydroxyl groups is 1.